The number of aryl methyl sites for hydroxylation is 1. The third kappa shape index (κ3) is 5.44. The minimum atomic E-state index is 0.212. The lowest BCUT2D eigenvalue weighted by Gasteiger charge is -2.09. The van der Waals surface area contributed by atoms with Crippen LogP contribution in [0.4, 0.5) is 0 Å². The average molecular weight is 298 g/mol. The number of benzene rings is 2. The van der Waals surface area contributed by atoms with E-state index in [-0.39, 0.29) is 5.75 Å². The first-order valence-electron chi connectivity index (χ1n) is 8.20. The topological polar surface area (TPSA) is 29.5 Å². The molecule has 0 bridgehead atoms. The van der Waals surface area contributed by atoms with E-state index in [0.29, 0.717) is 5.75 Å². The Bertz CT molecular complexity index is 561. The summed E-state index contributed by atoms with van der Waals surface area (Å²) in [5.74, 6) is 2.25. The van der Waals surface area contributed by atoms with Crippen molar-refractivity contribution in [3.05, 3.63) is 54.1 Å². The SMILES string of the molecule is CC(C)CCCCCc1ccc(Oc2ccccc2)c(O)c1. The molecule has 22 heavy (non-hydrogen) atoms. The minimum Gasteiger partial charge on any atom is -0.504 e. The van der Waals surface area contributed by atoms with Crippen LogP contribution in [0.2, 0.25) is 0 Å². The molecule has 2 nitrogen and oxygen atoms in total. The molecule has 2 rings (SSSR count). The second-order valence-corrected chi connectivity index (χ2v) is 6.21. The minimum absolute atomic E-state index is 0.212. The summed E-state index contributed by atoms with van der Waals surface area (Å²) in [7, 11) is 0. The van der Waals surface area contributed by atoms with Crippen molar-refractivity contribution in [1.82, 2.24) is 0 Å². The molecule has 0 aliphatic rings. The highest BCUT2D eigenvalue weighted by Gasteiger charge is 2.05. The van der Waals surface area contributed by atoms with Crippen molar-refractivity contribution in [2.75, 3.05) is 0 Å². The van der Waals surface area contributed by atoms with Gasteiger partial charge in [-0.2, -0.15) is 0 Å². The van der Waals surface area contributed by atoms with Gasteiger partial charge in [-0.15, -0.1) is 0 Å². The quantitative estimate of drug-likeness (QED) is 0.611. The van der Waals surface area contributed by atoms with E-state index in [0.717, 1.165) is 18.1 Å². The zero-order valence-corrected chi connectivity index (χ0v) is 13.6. The van der Waals surface area contributed by atoms with Crippen LogP contribution in [0.15, 0.2) is 48.5 Å². The lowest BCUT2D eigenvalue weighted by Crippen LogP contribution is -1.90. The molecule has 2 aromatic carbocycles. The van der Waals surface area contributed by atoms with Crippen molar-refractivity contribution in [1.29, 1.82) is 0 Å². The molecular formula is C20H26O2. The van der Waals surface area contributed by atoms with E-state index in [2.05, 4.69) is 13.8 Å². The Kier molecular flexibility index (Phi) is 6.32. The van der Waals surface area contributed by atoms with Crippen LogP contribution in [0.1, 0.15) is 45.1 Å². The van der Waals surface area contributed by atoms with Crippen LogP contribution in [-0.4, -0.2) is 5.11 Å². The molecular weight excluding hydrogens is 272 g/mol. The van der Waals surface area contributed by atoms with E-state index < -0.39 is 0 Å². The van der Waals surface area contributed by atoms with Gasteiger partial charge >= 0.3 is 0 Å². The Balaban J connectivity index is 1.84. The van der Waals surface area contributed by atoms with Gasteiger partial charge < -0.3 is 9.84 Å². The lowest BCUT2D eigenvalue weighted by molar-refractivity contribution is 0.410. The molecule has 0 radical (unpaired) electrons. The number of phenols is 1. The maximum atomic E-state index is 10.1. The average Bonchev–Trinajstić information content (AvgIpc) is 2.50. The van der Waals surface area contributed by atoms with Gasteiger partial charge in [0, 0.05) is 0 Å². The third-order valence-electron chi connectivity index (χ3n) is 3.74. The predicted molar refractivity (Wildman–Crippen MR) is 91.6 cm³/mol. The molecule has 0 amide bonds. The number of ether oxygens (including phenoxy) is 1. The van der Waals surface area contributed by atoms with Gasteiger partial charge in [0.1, 0.15) is 5.75 Å². The van der Waals surface area contributed by atoms with Crippen molar-refractivity contribution in [3.63, 3.8) is 0 Å². The Labute approximate surface area is 133 Å². The Morgan fingerprint density at radius 2 is 1.73 bits per heavy atom. The number of hydrogen-bond donors (Lipinski definition) is 1. The van der Waals surface area contributed by atoms with Gasteiger partial charge in [-0.05, 0) is 48.6 Å². The van der Waals surface area contributed by atoms with E-state index in [1.165, 1.54) is 31.2 Å². The molecule has 0 aromatic heterocycles. The zero-order chi connectivity index (χ0) is 15.8. The fourth-order valence-corrected chi connectivity index (χ4v) is 2.48. The van der Waals surface area contributed by atoms with Crippen molar-refractivity contribution < 1.29 is 9.84 Å². The van der Waals surface area contributed by atoms with Crippen molar-refractivity contribution in [2.24, 2.45) is 5.92 Å². The number of hydrogen-bond acceptors (Lipinski definition) is 2. The predicted octanol–water partition coefficient (Wildman–Crippen LogP) is 5.94. The summed E-state index contributed by atoms with van der Waals surface area (Å²) >= 11 is 0. The zero-order valence-electron chi connectivity index (χ0n) is 13.6. The first-order valence-corrected chi connectivity index (χ1v) is 8.20. The Morgan fingerprint density at radius 1 is 0.955 bits per heavy atom. The lowest BCUT2D eigenvalue weighted by atomic mass is 10.0. The normalized spacial score (nSPS) is 10.9. The molecule has 0 spiro atoms. The Hall–Kier alpha value is -1.96. The standard InChI is InChI=1S/C20H26O2/c1-16(2)9-5-3-6-10-17-13-14-20(19(21)15-17)22-18-11-7-4-8-12-18/h4,7-8,11-16,21H,3,5-6,9-10H2,1-2H3. The summed E-state index contributed by atoms with van der Waals surface area (Å²) < 4.78 is 5.68. The van der Waals surface area contributed by atoms with Crippen LogP contribution in [0.5, 0.6) is 17.2 Å². The molecule has 0 saturated carbocycles. The molecule has 0 atom stereocenters. The van der Waals surface area contributed by atoms with Gasteiger partial charge in [0.15, 0.2) is 11.5 Å². The van der Waals surface area contributed by atoms with Gasteiger partial charge in [-0.25, -0.2) is 0 Å². The fraction of sp³-hybridized carbons (Fsp3) is 0.400. The third-order valence-corrected chi connectivity index (χ3v) is 3.74. The number of rotatable bonds is 8. The molecule has 0 aliphatic heterocycles. The second-order valence-electron chi connectivity index (χ2n) is 6.21. The van der Waals surface area contributed by atoms with Crippen LogP contribution >= 0.6 is 0 Å². The molecule has 118 valence electrons. The van der Waals surface area contributed by atoms with Crippen molar-refractivity contribution in [2.45, 2.75) is 46.0 Å². The van der Waals surface area contributed by atoms with Crippen molar-refractivity contribution in [3.8, 4) is 17.2 Å². The number of aromatic hydroxyl groups is 1. The van der Waals surface area contributed by atoms with Gasteiger partial charge in [0.25, 0.3) is 0 Å². The van der Waals surface area contributed by atoms with Gasteiger partial charge in [-0.1, -0.05) is 57.4 Å². The Morgan fingerprint density at radius 3 is 2.41 bits per heavy atom. The summed E-state index contributed by atoms with van der Waals surface area (Å²) in [6.07, 6.45) is 6.03. The van der Waals surface area contributed by atoms with Crippen LogP contribution in [0, 0.1) is 5.92 Å². The van der Waals surface area contributed by atoms with Crippen LogP contribution in [0.3, 0.4) is 0 Å². The van der Waals surface area contributed by atoms with Crippen molar-refractivity contribution >= 4 is 0 Å². The van der Waals surface area contributed by atoms with Gasteiger partial charge in [-0.3, -0.25) is 0 Å². The van der Waals surface area contributed by atoms with Gasteiger partial charge in [0.2, 0.25) is 0 Å². The molecule has 2 aromatic rings. The summed E-state index contributed by atoms with van der Waals surface area (Å²) in [5.41, 5.74) is 1.17. The van der Waals surface area contributed by atoms with Crippen LogP contribution in [0.25, 0.3) is 0 Å². The highest BCUT2D eigenvalue weighted by atomic mass is 16.5. The first-order chi connectivity index (χ1) is 10.6. The van der Waals surface area contributed by atoms with E-state index in [9.17, 15) is 5.11 Å². The largest absolute Gasteiger partial charge is 0.504 e. The van der Waals surface area contributed by atoms with E-state index in [4.69, 9.17) is 4.74 Å². The molecule has 1 N–H and O–H groups in total. The number of para-hydroxylation sites is 1. The molecule has 0 saturated heterocycles. The van der Waals surface area contributed by atoms with E-state index >= 15 is 0 Å². The highest BCUT2D eigenvalue weighted by Crippen LogP contribution is 2.31. The smallest absolute Gasteiger partial charge is 0.169 e. The molecule has 0 unspecified atom stereocenters. The second kappa shape index (κ2) is 8.47. The molecule has 0 aliphatic carbocycles. The maximum absolute atomic E-state index is 10.1. The highest BCUT2D eigenvalue weighted by molar-refractivity contribution is 5.44. The first kappa shape index (κ1) is 16.4. The van der Waals surface area contributed by atoms with E-state index in [1.807, 2.05) is 48.5 Å². The number of unbranched alkanes of at least 4 members (excludes halogenated alkanes) is 2. The van der Waals surface area contributed by atoms with E-state index in [1.54, 1.807) is 0 Å². The van der Waals surface area contributed by atoms with Crippen LogP contribution in [-0.2, 0) is 6.42 Å². The summed E-state index contributed by atoms with van der Waals surface area (Å²) in [6.45, 7) is 4.53. The number of phenolic OH excluding ortho intramolecular Hbond substituents is 1. The fourth-order valence-electron chi connectivity index (χ4n) is 2.48. The monoisotopic (exact) mass is 298 g/mol. The maximum Gasteiger partial charge on any atom is 0.169 e. The molecule has 0 fully saturated rings. The summed E-state index contributed by atoms with van der Waals surface area (Å²) in [6, 6.07) is 15.2. The summed E-state index contributed by atoms with van der Waals surface area (Å²) in [4.78, 5) is 0. The molecule has 2 heteroatoms. The van der Waals surface area contributed by atoms with Crippen LogP contribution < -0.4 is 4.74 Å². The van der Waals surface area contributed by atoms with Gasteiger partial charge in [0.05, 0.1) is 0 Å². The molecule has 0 heterocycles. The summed E-state index contributed by atoms with van der Waals surface area (Å²) in [5, 5.41) is 10.1.